The molecule has 0 heterocycles. The first-order valence-electron chi connectivity index (χ1n) is 5.01. The highest BCUT2D eigenvalue weighted by molar-refractivity contribution is 5.51. The predicted molar refractivity (Wildman–Crippen MR) is 64.2 cm³/mol. The molecule has 0 atom stereocenters. The second-order valence-corrected chi connectivity index (χ2v) is 3.66. The molecule has 0 radical (unpaired) electrons. The van der Waals surface area contributed by atoms with Gasteiger partial charge in [0.05, 0.1) is 0 Å². The van der Waals surface area contributed by atoms with Crippen LogP contribution >= 0.6 is 0 Å². The van der Waals surface area contributed by atoms with Gasteiger partial charge in [0, 0.05) is 0 Å². The molecule has 1 rings (SSSR count). The normalized spacial score (nSPS) is 17.9. The lowest BCUT2D eigenvalue weighted by Crippen LogP contribution is -1.83. The summed E-state index contributed by atoms with van der Waals surface area (Å²) in [5, 5.41) is 0. The van der Waals surface area contributed by atoms with Crippen molar-refractivity contribution >= 4 is 0 Å². The highest BCUT2D eigenvalue weighted by atomic mass is 14.2. The van der Waals surface area contributed by atoms with E-state index in [9.17, 15) is 0 Å². The lowest BCUT2D eigenvalue weighted by molar-refractivity contribution is 1.16. The molecule has 0 unspecified atom stereocenters. The van der Waals surface area contributed by atoms with Crippen LogP contribution in [0.4, 0.5) is 0 Å². The molecule has 0 aromatic rings. The van der Waals surface area contributed by atoms with Crippen LogP contribution in [0.3, 0.4) is 0 Å². The summed E-state index contributed by atoms with van der Waals surface area (Å²) >= 11 is 0. The Morgan fingerprint density at radius 3 is 2.57 bits per heavy atom. The molecule has 0 heteroatoms. The summed E-state index contributed by atoms with van der Waals surface area (Å²) in [6, 6.07) is 0. The third-order valence-corrected chi connectivity index (χ3v) is 2.58. The lowest BCUT2D eigenvalue weighted by Gasteiger charge is -2.02. The van der Waals surface area contributed by atoms with Gasteiger partial charge < -0.3 is 0 Å². The molecular formula is C14H18. The number of rotatable bonds is 3. The van der Waals surface area contributed by atoms with Gasteiger partial charge in [-0.05, 0) is 38.3 Å². The number of allylic oxidation sites excluding steroid dienone is 9. The maximum absolute atomic E-state index is 3.85. The van der Waals surface area contributed by atoms with Crippen LogP contribution in [0.5, 0.6) is 0 Å². The molecule has 0 saturated heterocycles. The van der Waals surface area contributed by atoms with Crippen molar-refractivity contribution in [2.45, 2.75) is 27.2 Å². The molecule has 0 N–H and O–H groups in total. The van der Waals surface area contributed by atoms with Crippen molar-refractivity contribution in [2.24, 2.45) is 0 Å². The van der Waals surface area contributed by atoms with Crippen molar-refractivity contribution in [3.63, 3.8) is 0 Å². The molecule has 1 aliphatic carbocycles. The topological polar surface area (TPSA) is 0 Å². The Kier molecular flexibility index (Phi) is 3.70. The van der Waals surface area contributed by atoms with Crippen LogP contribution in [0.2, 0.25) is 0 Å². The van der Waals surface area contributed by atoms with Gasteiger partial charge in [-0.25, -0.2) is 0 Å². The molecule has 0 spiro atoms. The van der Waals surface area contributed by atoms with Crippen LogP contribution in [0.1, 0.15) is 27.2 Å². The van der Waals surface area contributed by atoms with Crippen molar-refractivity contribution < 1.29 is 0 Å². The molecule has 0 saturated carbocycles. The largest absolute Gasteiger partial charge is 0.0985 e. The van der Waals surface area contributed by atoms with E-state index in [1.807, 2.05) is 19.1 Å². The van der Waals surface area contributed by atoms with Crippen LogP contribution in [-0.2, 0) is 0 Å². The van der Waals surface area contributed by atoms with Crippen molar-refractivity contribution in [3.8, 4) is 0 Å². The molecule has 0 amide bonds. The summed E-state index contributed by atoms with van der Waals surface area (Å²) < 4.78 is 0. The van der Waals surface area contributed by atoms with Crippen LogP contribution in [0.15, 0.2) is 59.3 Å². The Bertz CT molecular complexity index is 346. The zero-order valence-electron chi connectivity index (χ0n) is 9.30. The van der Waals surface area contributed by atoms with Gasteiger partial charge in [-0.2, -0.15) is 0 Å². The first kappa shape index (κ1) is 10.8. The summed E-state index contributed by atoms with van der Waals surface area (Å²) in [5.41, 5.74) is 5.48. The van der Waals surface area contributed by atoms with Gasteiger partial charge in [-0.1, -0.05) is 48.1 Å². The van der Waals surface area contributed by atoms with Crippen molar-refractivity contribution in [2.75, 3.05) is 0 Å². The Morgan fingerprint density at radius 1 is 1.43 bits per heavy atom. The Balaban J connectivity index is 2.86. The third kappa shape index (κ3) is 2.35. The van der Waals surface area contributed by atoms with Crippen LogP contribution < -0.4 is 0 Å². The molecule has 0 fully saturated rings. The highest BCUT2D eigenvalue weighted by Crippen LogP contribution is 2.29. The summed E-state index contributed by atoms with van der Waals surface area (Å²) in [7, 11) is 0. The second-order valence-electron chi connectivity index (χ2n) is 3.66. The van der Waals surface area contributed by atoms with Crippen molar-refractivity contribution in [1.29, 1.82) is 0 Å². The summed E-state index contributed by atoms with van der Waals surface area (Å²) in [5.74, 6) is 0. The smallest absolute Gasteiger partial charge is 0.00581 e. The molecule has 14 heavy (non-hydrogen) atoms. The first-order valence-corrected chi connectivity index (χ1v) is 5.01. The molecule has 0 aliphatic heterocycles. The number of hydrogen-bond donors (Lipinski definition) is 0. The van der Waals surface area contributed by atoms with Gasteiger partial charge in [0.15, 0.2) is 0 Å². The lowest BCUT2D eigenvalue weighted by atomic mass is 10.0. The van der Waals surface area contributed by atoms with E-state index in [1.165, 1.54) is 22.3 Å². The van der Waals surface area contributed by atoms with E-state index in [0.29, 0.717) is 0 Å². The van der Waals surface area contributed by atoms with Crippen LogP contribution in [0.25, 0.3) is 0 Å². The minimum atomic E-state index is 1.07. The molecular weight excluding hydrogens is 168 g/mol. The fraction of sp³-hybridized carbons (Fsp3) is 0.286. The highest BCUT2D eigenvalue weighted by Gasteiger charge is 2.10. The molecule has 0 nitrogen and oxygen atoms in total. The van der Waals surface area contributed by atoms with E-state index < -0.39 is 0 Å². The minimum Gasteiger partial charge on any atom is -0.0985 e. The SMILES string of the molecule is C=C/C(=C\C=C/C)C1=CC(C)=C(C)C1. The third-order valence-electron chi connectivity index (χ3n) is 2.58. The van der Waals surface area contributed by atoms with Gasteiger partial charge in [-0.3, -0.25) is 0 Å². The molecule has 74 valence electrons. The molecule has 0 bridgehead atoms. The summed E-state index contributed by atoms with van der Waals surface area (Å²) in [6.45, 7) is 10.2. The molecule has 1 aliphatic rings. The predicted octanol–water partition coefficient (Wildman–Crippen LogP) is 4.34. The van der Waals surface area contributed by atoms with E-state index in [4.69, 9.17) is 0 Å². The Morgan fingerprint density at radius 2 is 2.14 bits per heavy atom. The summed E-state index contributed by atoms with van der Waals surface area (Å²) in [6.07, 6.45) is 11.5. The van der Waals surface area contributed by atoms with Gasteiger partial charge in [-0.15, -0.1) is 0 Å². The quantitative estimate of drug-likeness (QED) is 0.575. The zero-order valence-corrected chi connectivity index (χ0v) is 9.30. The van der Waals surface area contributed by atoms with Crippen molar-refractivity contribution in [1.82, 2.24) is 0 Å². The fourth-order valence-corrected chi connectivity index (χ4v) is 1.55. The maximum atomic E-state index is 3.85. The van der Waals surface area contributed by atoms with E-state index in [0.717, 1.165) is 6.42 Å². The monoisotopic (exact) mass is 186 g/mol. The van der Waals surface area contributed by atoms with Crippen LogP contribution in [-0.4, -0.2) is 0 Å². The zero-order chi connectivity index (χ0) is 10.6. The van der Waals surface area contributed by atoms with Crippen molar-refractivity contribution in [3.05, 3.63) is 59.3 Å². The molecule has 0 aromatic heterocycles. The van der Waals surface area contributed by atoms with Gasteiger partial charge in [0.1, 0.15) is 0 Å². The Hall–Kier alpha value is -1.30. The van der Waals surface area contributed by atoms with Gasteiger partial charge >= 0.3 is 0 Å². The second kappa shape index (κ2) is 4.80. The summed E-state index contributed by atoms with van der Waals surface area (Å²) in [4.78, 5) is 0. The number of hydrogen-bond acceptors (Lipinski definition) is 0. The van der Waals surface area contributed by atoms with E-state index in [1.54, 1.807) is 0 Å². The Labute approximate surface area is 87.0 Å². The average Bonchev–Trinajstić information content (AvgIpc) is 2.48. The van der Waals surface area contributed by atoms with E-state index in [-0.39, 0.29) is 0 Å². The van der Waals surface area contributed by atoms with Crippen LogP contribution in [0, 0.1) is 0 Å². The van der Waals surface area contributed by atoms with Gasteiger partial charge in [0.25, 0.3) is 0 Å². The van der Waals surface area contributed by atoms with E-state index >= 15 is 0 Å². The molecule has 0 aromatic carbocycles. The fourth-order valence-electron chi connectivity index (χ4n) is 1.55. The average molecular weight is 186 g/mol. The minimum absolute atomic E-state index is 1.07. The standard InChI is InChI=1S/C14H18/c1-5-7-8-13(6-2)14-9-11(3)12(4)10-14/h5-9H,2,10H2,1,3-4H3/b7-5-,13-8+. The van der Waals surface area contributed by atoms with Gasteiger partial charge in [0.2, 0.25) is 0 Å². The maximum Gasteiger partial charge on any atom is -0.00581 e. The van der Waals surface area contributed by atoms with E-state index in [2.05, 4.69) is 38.7 Å². The first-order chi connectivity index (χ1) is 6.69.